The third kappa shape index (κ3) is 6.75. The molecule has 0 radical (unpaired) electrons. The van der Waals surface area contributed by atoms with Gasteiger partial charge in [0.2, 0.25) is 5.76 Å². The first-order chi connectivity index (χ1) is 9.75. The van der Waals surface area contributed by atoms with Gasteiger partial charge in [0.05, 0.1) is 6.26 Å². The molecule has 0 saturated carbocycles. The van der Waals surface area contributed by atoms with E-state index < -0.39 is 5.97 Å². The topological polar surface area (TPSA) is 62.5 Å². The molecule has 0 spiro atoms. The Morgan fingerprint density at radius 3 is 2.45 bits per heavy atom. The molecule has 4 nitrogen and oxygen atoms in total. The van der Waals surface area contributed by atoms with E-state index in [1.165, 1.54) is 51.2 Å². The zero-order chi connectivity index (χ0) is 14.6. The molecule has 0 aliphatic heterocycles. The lowest BCUT2D eigenvalue weighted by molar-refractivity contribution is 0.0660. The van der Waals surface area contributed by atoms with Crippen molar-refractivity contribution in [2.45, 2.75) is 64.8 Å². The van der Waals surface area contributed by atoms with E-state index in [0.29, 0.717) is 6.54 Å². The molecule has 1 heterocycles. The Morgan fingerprint density at radius 1 is 1.15 bits per heavy atom. The van der Waals surface area contributed by atoms with Crippen LogP contribution in [-0.4, -0.2) is 17.6 Å². The van der Waals surface area contributed by atoms with Crippen LogP contribution in [0.4, 0.5) is 0 Å². The van der Waals surface area contributed by atoms with Crippen molar-refractivity contribution >= 4 is 5.97 Å². The highest BCUT2D eigenvalue weighted by Crippen LogP contribution is 2.10. The molecule has 0 bridgehead atoms. The van der Waals surface area contributed by atoms with Gasteiger partial charge in [-0.15, -0.1) is 0 Å². The van der Waals surface area contributed by atoms with Crippen LogP contribution < -0.4 is 5.32 Å². The molecule has 20 heavy (non-hydrogen) atoms. The molecular weight excluding hydrogens is 254 g/mol. The van der Waals surface area contributed by atoms with Gasteiger partial charge in [0.25, 0.3) is 0 Å². The predicted octanol–water partition coefficient (Wildman–Crippen LogP) is 4.21. The van der Waals surface area contributed by atoms with Crippen molar-refractivity contribution in [3.8, 4) is 0 Å². The highest BCUT2D eigenvalue weighted by Gasteiger charge is 2.12. The Bertz CT molecular complexity index is 374. The number of aromatic carboxylic acids is 1. The van der Waals surface area contributed by atoms with Crippen molar-refractivity contribution < 1.29 is 14.3 Å². The number of furan rings is 1. The quantitative estimate of drug-likeness (QED) is 0.563. The van der Waals surface area contributed by atoms with Crippen LogP contribution in [0.2, 0.25) is 0 Å². The van der Waals surface area contributed by atoms with E-state index in [-0.39, 0.29) is 5.76 Å². The third-order valence-corrected chi connectivity index (χ3v) is 3.46. The van der Waals surface area contributed by atoms with Crippen LogP contribution in [0.1, 0.15) is 74.4 Å². The Morgan fingerprint density at radius 2 is 1.80 bits per heavy atom. The Balaban J connectivity index is 1.97. The zero-order valence-electron chi connectivity index (χ0n) is 12.5. The van der Waals surface area contributed by atoms with Gasteiger partial charge in [-0.3, -0.25) is 0 Å². The predicted molar refractivity (Wildman–Crippen MR) is 80.0 cm³/mol. The summed E-state index contributed by atoms with van der Waals surface area (Å²) in [5, 5.41) is 12.2. The molecule has 1 aromatic rings. The van der Waals surface area contributed by atoms with E-state index in [1.54, 1.807) is 6.07 Å². The maximum absolute atomic E-state index is 10.8. The third-order valence-electron chi connectivity index (χ3n) is 3.46. The maximum Gasteiger partial charge on any atom is 0.372 e. The van der Waals surface area contributed by atoms with Gasteiger partial charge in [0.1, 0.15) is 0 Å². The number of carboxylic acids is 1. The van der Waals surface area contributed by atoms with Gasteiger partial charge in [-0.1, -0.05) is 51.9 Å². The minimum atomic E-state index is -1.00. The van der Waals surface area contributed by atoms with E-state index in [2.05, 4.69) is 12.2 Å². The second-order valence-corrected chi connectivity index (χ2v) is 5.23. The number of rotatable bonds is 12. The fourth-order valence-electron chi connectivity index (χ4n) is 2.27. The van der Waals surface area contributed by atoms with Crippen molar-refractivity contribution in [1.29, 1.82) is 0 Å². The molecule has 0 saturated heterocycles. The molecule has 2 N–H and O–H groups in total. The lowest BCUT2D eigenvalue weighted by Crippen LogP contribution is -2.16. The number of unbranched alkanes of at least 4 members (excludes halogenated alkanes) is 7. The van der Waals surface area contributed by atoms with E-state index in [9.17, 15) is 4.79 Å². The molecule has 0 atom stereocenters. The molecule has 0 aliphatic carbocycles. The van der Waals surface area contributed by atoms with E-state index in [1.807, 2.05) is 0 Å². The molecule has 0 aliphatic rings. The first-order valence-corrected chi connectivity index (χ1v) is 7.76. The number of hydrogen-bond acceptors (Lipinski definition) is 3. The highest BCUT2D eigenvalue weighted by molar-refractivity contribution is 5.86. The summed E-state index contributed by atoms with van der Waals surface area (Å²) in [4.78, 5) is 10.8. The van der Waals surface area contributed by atoms with Crippen LogP contribution in [-0.2, 0) is 6.54 Å². The number of carbonyl (C=O) groups is 1. The van der Waals surface area contributed by atoms with Crippen LogP contribution >= 0.6 is 0 Å². The van der Waals surface area contributed by atoms with Gasteiger partial charge in [-0.2, -0.15) is 0 Å². The average Bonchev–Trinajstić information content (AvgIpc) is 2.89. The van der Waals surface area contributed by atoms with Gasteiger partial charge in [-0.25, -0.2) is 4.79 Å². The second kappa shape index (κ2) is 10.5. The van der Waals surface area contributed by atoms with Crippen LogP contribution in [0.25, 0.3) is 0 Å². The van der Waals surface area contributed by atoms with Gasteiger partial charge in [0.15, 0.2) is 0 Å². The minimum Gasteiger partial charge on any atom is -0.475 e. The summed E-state index contributed by atoms with van der Waals surface area (Å²) in [6, 6.07) is 1.71. The number of carboxylic acid groups (broad SMARTS) is 1. The Labute approximate surface area is 121 Å². The van der Waals surface area contributed by atoms with Crippen molar-refractivity contribution in [2.24, 2.45) is 0 Å². The highest BCUT2D eigenvalue weighted by atomic mass is 16.4. The average molecular weight is 281 g/mol. The molecular formula is C16H27NO3. The molecule has 114 valence electrons. The summed E-state index contributed by atoms with van der Waals surface area (Å²) in [6.45, 7) is 3.73. The molecule has 1 rings (SSSR count). The molecule has 0 fully saturated rings. The van der Waals surface area contributed by atoms with E-state index in [4.69, 9.17) is 9.52 Å². The summed E-state index contributed by atoms with van der Waals surface area (Å²) in [5.74, 6) is -0.952. The fourth-order valence-corrected chi connectivity index (χ4v) is 2.27. The minimum absolute atomic E-state index is 0.0495. The first kappa shape index (κ1) is 16.8. The van der Waals surface area contributed by atoms with Gasteiger partial charge >= 0.3 is 5.97 Å². The molecule has 0 aromatic carbocycles. The monoisotopic (exact) mass is 281 g/mol. The van der Waals surface area contributed by atoms with Gasteiger partial charge in [-0.05, 0) is 19.0 Å². The molecule has 4 heteroatoms. The van der Waals surface area contributed by atoms with Crippen LogP contribution in [0.15, 0.2) is 16.7 Å². The zero-order valence-corrected chi connectivity index (χ0v) is 12.5. The van der Waals surface area contributed by atoms with Crippen LogP contribution in [0.5, 0.6) is 0 Å². The first-order valence-electron chi connectivity index (χ1n) is 7.76. The van der Waals surface area contributed by atoms with E-state index in [0.717, 1.165) is 18.5 Å². The summed E-state index contributed by atoms with van der Waals surface area (Å²) >= 11 is 0. The molecule has 0 unspecified atom stereocenters. The molecule has 0 amide bonds. The summed E-state index contributed by atoms with van der Waals surface area (Å²) in [6.07, 6.45) is 11.9. The van der Waals surface area contributed by atoms with Crippen molar-refractivity contribution in [1.82, 2.24) is 5.32 Å². The summed E-state index contributed by atoms with van der Waals surface area (Å²) in [5.41, 5.74) is 0.720. The second-order valence-electron chi connectivity index (χ2n) is 5.23. The standard InChI is InChI=1S/C16H27NO3/c1-2-3-4-5-6-7-8-9-11-17-13-14-10-12-20-15(14)16(18)19/h10,12,17H,2-9,11,13H2,1H3,(H,18,19). The number of nitrogens with one attached hydrogen (secondary N) is 1. The number of hydrogen-bond donors (Lipinski definition) is 2. The maximum atomic E-state index is 10.8. The Hall–Kier alpha value is -1.29. The summed E-state index contributed by atoms with van der Waals surface area (Å²) < 4.78 is 4.93. The molecule has 1 aromatic heterocycles. The van der Waals surface area contributed by atoms with Crippen LogP contribution in [0.3, 0.4) is 0 Å². The van der Waals surface area contributed by atoms with Gasteiger partial charge < -0.3 is 14.8 Å². The Kier molecular flexibility index (Phi) is 8.79. The lowest BCUT2D eigenvalue weighted by Gasteiger charge is -2.04. The van der Waals surface area contributed by atoms with Gasteiger partial charge in [0, 0.05) is 12.1 Å². The SMILES string of the molecule is CCCCCCCCCCNCc1ccoc1C(=O)O. The van der Waals surface area contributed by atoms with Crippen molar-refractivity contribution in [3.63, 3.8) is 0 Å². The smallest absolute Gasteiger partial charge is 0.372 e. The summed E-state index contributed by atoms with van der Waals surface area (Å²) in [7, 11) is 0. The lowest BCUT2D eigenvalue weighted by atomic mass is 10.1. The fraction of sp³-hybridized carbons (Fsp3) is 0.688. The largest absolute Gasteiger partial charge is 0.475 e. The normalized spacial score (nSPS) is 10.8. The van der Waals surface area contributed by atoms with Crippen molar-refractivity contribution in [2.75, 3.05) is 6.54 Å². The van der Waals surface area contributed by atoms with Crippen LogP contribution in [0, 0.1) is 0 Å². The van der Waals surface area contributed by atoms with E-state index >= 15 is 0 Å². The van der Waals surface area contributed by atoms with Crippen molar-refractivity contribution in [3.05, 3.63) is 23.7 Å².